The van der Waals surface area contributed by atoms with E-state index in [1.165, 1.54) is 13.0 Å². The van der Waals surface area contributed by atoms with E-state index in [0.29, 0.717) is 15.8 Å². The van der Waals surface area contributed by atoms with Gasteiger partial charge in [0.05, 0.1) is 12.0 Å². The molecule has 11 heteroatoms. The zero-order valence-electron chi connectivity index (χ0n) is 16.0. The number of carbonyl (C=O) groups excluding carboxylic acids is 3. The van der Waals surface area contributed by atoms with E-state index in [9.17, 15) is 32.3 Å². The van der Waals surface area contributed by atoms with Gasteiger partial charge in [-0.05, 0) is 13.0 Å². The fraction of sp³-hybridized carbons (Fsp3) is 0.263. The smallest absolute Gasteiger partial charge is 0.343 e. The summed E-state index contributed by atoms with van der Waals surface area (Å²) in [7, 11) is 1.07. The summed E-state index contributed by atoms with van der Waals surface area (Å²) in [5.74, 6) is -8.30. The summed E-state index contributed by atoms with van der Waals surface area (Å²) in [6.07, 6.45) is 1.23. The fourth-order valence-electron chi connectivity index (χ4n) is 2.52. The first-order valence-corrected chi connectivity index (χ1v) is 8.57. The first kappa shape index (κ1) is 22.7. The molecule has 0 radical (unpaired) electrons. The van der Waals surface area contributed by atoms with Gasteiger partial charge in [-0.3, -0.25) is 24.1 Å². The fourth-order valence-corrected chi connectivity index (χ4v) is 2.52. The Bertz CT molecular complexity index is 1100. The van der Waals surface area contributed by atoms with Crippen LogP contribution < -0.4 is 10.4 Å². The van der Waals surface area contributed by atoms with E-state index < -0.39 is 63.6 Å². The number of esters is 2. The Balaban J connectivity index is 2.68. The number of hydrogen-bond donors (Lipinski definition) is 0. The van der Waals surface area contributed by atoms with Crippen molar-refractivity contribution in [2.75, 3.05) is 25.3 Å². The van der Waals surface area contributed by atoms with Crippen LogP contribution in [0.1, 0.15) is 23.7 Å². The van der Waals surface area contributed by atoms with Crippen LogP contribution in [0.25, 0.3) is 10.9 Å². The van der Waals surface area contributed by atoms with Gasteiger partial charge in [0.1, 0.15) is 24.1 Å². The molecular weight excluding hydrogens is 409 g/mol. The van der Waals surface area contributed by atoms with Gasteiger partial charge in [-0.15, -0.1) is 0 Å². The molecule has 8 nitrogen and oxygen atoms in total. The van der Waals surface area contributed by atoms with E-state index in [-0.39, 0.29) is 13.2 Å². The lowest BCUT2D eigenvalue weighted by molar-refractivity contribution is -0.145. The quantitative estimate of drug-likeness (QED) is 0.290. The van der Waals surface area contributed by atoms with Crippen LogP contribution in [-0.2, 0) is 19.1 Å². The molecule has 0 aliphatic rings. The van der Waals surface area contributed by atoms with E-state index in [4.69, 9.17) is 4.74 Å². The summed E-state index contributed by atoms with van der Waals surface area (Å²) in [5.41, 5.74) is -2.57. The first-order chi connectivity index (χ1) is 14.1. The maximum Gasteiger partial charge on any atom is 0.343 e. The molecular formula is C19H17F3N2O6. The van der Waals surface area contributed by atoms with Crippen molar-refractivity contribution < 1.29 is 37.0 Å². The predicted molar refractivity (Wildman–Crippen MR) is 99.0 cm³/mol. The Hall–Kier alpha value is -3.63. The molecule has 1 aromatic heterocycles. The maximum atomic E-state index is 14.5. The molecule has 1 aromatic carbocycles. The topological polar surface area (TPSA) is 94.9 Å². The van der Waals surface area contributed by atoms with Crippen molar-refractivity contribution in [3.05, 3.63) is 58.2 Å². The molecule has 0 saturated heterocycles. The Labute approximate surface area is 168 Å². The van der Waals surface area contributed by atoms with Crippen molar-refractivity contribution >= 4 is 28.7 Å². The number of nitrogens with zero attached hydrogens (tertiary/aromatic N) is 2. The molecule has 30 heavy (non-hydrogen) atoms. The van der Waals surface area contributed by atoms with E-state index in [0.717, 1.165) is 13.2 Å². The van der Waals surface area contributed by atoms with Gasteiger partial charge < -0.3 is 9.47 Å². The minimum atomic E-state index is -1.88. The molecule has 0 N–H and O–H groups in total. The molecule has 2 rings (SSSR count). The van der Waals surface area contributed by atoms with Crippen LogP contribution in [0.2, 0.25) is 0 Å². The molecule has 160 valence electrons. The zero-order valence-corrected chi connectivity index (χ0v) is 16.0. The van der Waals surface area contributed by atoms with Crippen LogP contribution in [0.4, 0.5) is 13.2 Å². The van der Waals surface area contributed by atoms with Crippen LogP contribution in [0.15, 0.2) is 29.7 Å². The molecule has 0 spiro atoms. The van der Waals surface area contributed by atoms with Crippen molar-refractivity contribution in [2.45, 2.75) is 13.3 Å². The van der Waals surface area contributed by atoms with Crippen molar-refractivity contribution in [2.24, 2.45) is 0 Å². The third kappa shape index (κ3) is 4.34. The van der Waals surface area contributed by atoms with Crippen LogP contribution in [-0.4, -0.2) is 42.8 Å². The monoisotopic (exact) mass is 426 g/mol. The van der Waals surface area contributed by atoms with E-state index in [2.05, 4.69) is 11.3 Å². The molecule has 0 fully saturated rings. The number of carbonyl (C=O) groups is 3. The molecule has 0 atom stereocenters. The number of amides is 1. The van der Waals surface area contributed by atoms with Gasteiger partial charge in [0.15, 0.2) is 17.5 Å². The minimum absolute atomic E-state index is 0.105. The highest BCUT2D eigenvalue weighted by Crippen LogP contribution is 2.22. The van der Waals surface area contributed by atoms with Crippen molar-refractivity contribution in [3.8, 4) is 0 Å². The Kier molecular flexibility index (Phi) is 6.98. The molecule has 0 unspecified atom stereocenters. The number of halogens is 3. The van der Waals surface area contributed by atoms with E-state index >= 15 is 0 Å². The van der Waals surface area contributed by atoms with Crippen LogP contribution in [0.5, 0.6) is 0 Å². The third-order valence-electron chi connectivity index (χ3n) is 3.94. The average Bonchev–Trinajstić information content (AvgIpc) is 2.70. The van der Waals surface area contributed by atoms with Crippen molar-refractivity contribution in [1.29, 1.82) is 0 Å². The summed E-state index contributed by atoms with van der Waals surface area (Å²) in [6, 6.07) is 0.409. The number of hydrogen-bond acceptors (Lipinski definition) is 6. The summed E-state index contributed by atoms with van der Waals surface area (Å²) < 4.78 is 52.1. The normalized spacial score (nSPS) is 10.6. The number of pyridine rings is 1. The van der Waals surface area contributed by atoms with Crippen LogP contribution >= 0.6 is 0 Å². The number of benzene rings is 1. The van der Waals surface area contributed by atoms with Crippen LogP contribution in [0, 0.1) is 17.5 Å². The third-order valence-corrected chi connectivity index (χ3v) is 3.94. The SMILES string of the molecule is C=CCOC(=O)CC(=O)N(C)n1cc(C(=O)OCC)c(=O)c2cc(F)c(F)c(F)c21. The number of fused-ring (bicyclic) bond motifs is 1. The van der Waals surface area contributed by atoms with Crippen molar-refractivity contribution in [1.82, 2.24) is 4.68 Å². The first-order valence-electron chi connectivity index (χ1n) is 8.57. The van der Waals surface area contributed by atoms with E-state index in [1.54, 1.807) is 0 Å². The molecule has 1 heterocycles. The van der Waals surface area contributed by atoms with Crippen LogP contribution in [0.3, 0.4) is 0 Å². The summed E-state index contributed by atoms with van der Waals surface area (Å²) in [6.45, 7) is 4.56. The highest BCUT2D eigenvalue weighted by Gasteiger charge is 2.26. The number of rotatable bonds is 7. The minimum Gasteiger partial charge on any atom is -0.462 e. The summed E-state index contributed by atoms with van der Waals surface area (Å²) in [4.78, 5) is 48.7. The molecule has 0 bridgehead atoms. The Morgan fingerprint density at radius 2 is 1.87 bits per heavy atom. The average molecular weight is 426 g/mol. The summed E-state index contributed by atoms with van der Waals surface area (Å²) in [5, 5.41) is -0.0501. The lowest BCUT2D eigenvalue weighted by Crippen LogP contribution is -2.40. The van der Waals surface area contributed by atoms with Gasteiger partial charge in [0, 0.05) is 13.2 Å². The predicted octanol–water partition coefficient (Wildman–Crippen LogP) is 1.81. The van der Waals surface area contributed by atoms with Gasteiger partial charge in [-0.25, -0.2) is 18.0 Å². The molecule has 2 aromatic rings. The molecule has 0 aliphatic carbocycles. The standard InChI is InChI=1S/C19H17F3N2O6/c1-4-6-30-14(26)8-13(25)23(3)24-9-11(19(28)29-5-2)18(27)10-7-12(20)15(21)16(22)17(10)24/h4,7,9H,1,5-6,8H2,2-3H3. The van der Waals surface area contributed by atoms with Gasteiger partial charge in [0.25, 0.3) is 5.91 Å². The number of aromatic nitrogens is 1. The largest absolute Gasteiger partial charge is 0.462 e. The molecule has 1 amide bonds. The summed E-state index contributed by atoms with van der Waals surface area (Å²) >= 11 is 0. The highest BCUT2D eigenvalue weighted by molar-refractivity contribution is 6.01. The van der Waals surface area contributed by atoms with Crippen molar-refractivity contribution in [3.63, 3.8) is 0 Å². The molecule has 0 aliphatic heterocycles. The van der Waals surface area contributed by atoms with Gasteiger partial charge in [-0.1, -0.05) is 12.7 Å². The van der Waals surface area contributed by atoms with Gasteiger partial charge in [0.2, 0.25) is 5.43 Å². The highest BCUT2D eigenvalue weighted by atomic mass is 19.2. The van der Waals surface area contributed by atoms with Gasteiger partial charge >= 0.3 is 11.9 Å². The second kappa shape index (κ2) is 9.25. The Morgan fingerprint density at radius 3 is 2.47 bits per heavy atom. The van der Waals surface area contributed by atoms with E-state index in [1.807, 2.05) is 0 Å². The maximum absolute atomic E-state index is 14.5. The Morgan fingerprint density at radius 1 is 1.20 bits per heavy atom. The lowest BCUT2D eigenvalue weighted by atomic mass is 10.1. The second-order valence-electron chi connectivity index (χ2n) is 5.89. The number of ether oxygens (including phenoxy) is 2. The second-order valence-corrected chi connectivity index (χ2v) is 5.89. The molecule has 0 saturated carbocycles. The van der Waals surface area contributed by atoms with Gasteiger partial charge in [-0.2, -0.15) is 0 Å². The lowest BCUT2D eigenvalue weighted by Gasteiger charge is -2.23. The zero-order chi connectivity index (χ0) is 22.6.